The lowest BCUT2D eigenvalue weighted by atomic mass is 9.82. The van der Waals surface area contributed by atoms with Crippen molar-refractivity contribution in [2.75, 3.05) is 14.2 Å². The molecule has 0 fully saturated rings. The van der Waals surface area contributed by atoms with Crippen LogP contribution in [0.15, 0.2) is 18.2 Å². The number of carbonyl (C=O) groups excluding carboxylic acids is 2. The fourth-order valence-corrected chi connectivity index (χ4v) is 2.21. The third-order valence-electron chi connectivity index (χ3n) is 3.08. The zero-order chi connectivity index (χ0) is 12.4. The van der Waals surface area contributed by atoms with Crippen LogP contribution in [0.2, 0.25) is 0 Å². The van der Waals surface area contributed by atoms with E-state index in [0.717, 1.165) is 5.56 Å². The smallest absolute Gasteiger partial charge is 0.316 e. The number of carbonyl (C=O) groups is 2. The first-order valence-electron chi connectivity index (χ1n) is 5.47. The van der Waals surface area contributed by atoms with Gasteiger partial charge in [-0.3, -0.25) is 9.59 Å². The Morgan fingerprint density at radius 2 is 2.12 bits per heavy atom. The number of methoxy groups -OCH3 is 2. The van der Waals surface area contributed by atoms with Crippen LogP contribution in [0.1, 0.15) is 22.3 Å². The number of Topliss-reactive ketones (excluding diaryl/α,β-unsaturated/α-hetero) is 1. The Bertz CT molecular complexity index is 450. The van der Waals surface area contributed by atoms with Crippen molar-refractivity contribution in [3.63, 3.8) is 0 Å². The van der Waals surface area contributed by atoms with Gasteiger partial charge in [-0.25, -0.2) is 0 Å². The van der Waals surface area contributed by atoms with Crippen molar-refractivity contribution >= 4 is 11.8 Å². The molecule has 1 aromatic carbocycles. The predicted molar refractivity (Wildman–Crippen MR) is 61.2 cm³/mol. The van der Waals surface area contributed by atoms with Crippen LogP contribution >= 0.6 is 0 Å². The van der Waals surface area contributed by atoms with Gasteiger partial charge < -0.3 is 9.47 Å². The molecule has 0 aromatic heterocycles. The quantitative estimate of drug-likeness (QED) is 0.576. The van der Waals surface area contributed by atoms with Crippen LogP contribution in [0.4, 0.5) is 0 Å². The molecule has 0 amide bonds. The van der Waals surface area contributed by atoms with Crippen LogP contribution in [-0.4, -0.2) is 26.0 Å². The molecular formula is C13H14O4. The summed E-state index contributed by atoms with van der Waals surface area (Å²) in [5.41, 5.74) is 1.46. The first kappa shape index (κ1) is 11.6. The highest BCUT2D eigenvalue weighted by Gasteiger charge is 2.35. The maximum Gasteiger partial charge on any atom is 0.316 e. The lowest BCUT2D eigenvalue weighted by molar-refractivity contribution is -0.143. The highest BCUT2D eigenvalue weighted by molar-refractivity contribution is 6.11. The van der Waals surface area contributed by atoms with E-state index in [1.807, 2.05) is 12.1 Å². The van der Waals surface area contributed by atoms with Gasteiger partial charge in [-0.2, -0.15) is 0 Å². The van der Waals surface area contributed by atoms with E-state index in [-0.39, 0.29) is 5.78 Å². The third-order valence-corrected chi connectivity index (χ3v) is 3.08. The highest BCUT2D eigenvalue weighted by Crippen LogP contribution is 2.32. The molecule has 4 heteroatoms. The lowest BCUT2D eigenvalue weighted by Crippen LogP contribution is -2.30. The average Bonchev–Trinajstić information content (AvgIpc) is 2.37. The second kappa shape index (κ2) is 4.57. The summed E-state index contributed by atoms with van der Waals surface area (Å²) >= 11 is 0. The van der Waals surface area contributed by atoms with Crippen LogP contribution in [0, 0.1) is 5.92 Å². The largest absolute Gasteiger partial charge is 0.496 e. The molecule has 0 spiro atoms. The molecule has 4 nitrogen and oxygen atoms in total. The van der Waals surface area contributed by atoms with E-state index >= 15 is 0 Å². The van der Waals surface area contributed by atoms with Crippen LogP contribution in [-0.2, 0) is 16.0 Å². The minimum Gasteiger partial charge on any atom is -0.496 e. The monoisotopic (exact) mass is 234 g/mol. The number of ketones is 1. The van der Waals surface area contributed by atoms with E-state index in [1.54, 1.807) is 6.07 Å². The van der Waals surface area contributed by atoms with Crippen molar-refractivity contribution in [3.8, 4) is 5.75 Å². The minimum atomic E-state index is -0.691. The van der Waals surface area contributed by atoms with Gasteiger partial charge in [0.25, 0.3) is 0 Å². The van der Waals surface area contributed by atoms with Crippen molar-refractivity contribution in [2.45, 2.75) is 12.8 Å². The van der Waals surface area contributed by atoms with Gasteiger partial charge in [-0.1, -0.05) is 12.1 Å². The van der Waals surface area contributed by atoms with Crippen molar-refractivity contribution in [1.29, 1.82) is 0 Å². The van der Waals surface area contributed by atoms with Crippen molar-refractivity contribution in [2.24, 2.45) is 5.92 Å². The van der Waals surface area contributed by atoms with Crippen LogP contribution < -0.4 is 4.74 Å². The average molecular weight is 234 g/mol. The number of hydrogen-bond donors (Lipinski definition) is 0. The maximum absolute atomic E-state index is 12.2. The fraction of sp³-hybridized carbons (Fsp3) is 0.385. The Hall–Kier alpha value is -1.84. The summed E-state index contributed by atoms with van der Waals surface area (Å²) in [7, 11) is 2.82. The molecule has 90 valence electrons. The van der Waals surface area contributed by atoms with E-state index in [4.69, 9.17) is 4.74 Å². The zero-order valence-corrected chi connectivity index (χ0v) is 9.86. The Labute approximate surface area is 99.5 Å². The van der Waals surface area contributed by atoms with Crippen molar-refractivity contribution in [3.05, 3.63) is 29.3 Å². The van der Waals surface area contributed by atoms with Gasteiger partial charge in [0, 0.05) is 0 Å². The van der Waals surface area contributed by atoms with Gasteiger partial charge in [-0.15, -0.1) is 0 Å². The molecule has 1 aliphatic carbocycles. The molecule has 0 aliphatic heterocycles. The molecule has 1 aliphatic rings. The molecule has 2 rings (SSSR count). The highest BCUT2D eigenvalue weighted by atomic mass is 16.5. The number of rotatable bonds is 2. The number of benzene rings is 1. The minimum absolute atomic E-state index is 0.199. The van der Waals surface area contributed by atoms with Gasteiger partial charge >= 0.3 is 5.97 Å². The zero-order valence-electron chi connectivity index (χ0n) is 9.86. The van der Waals surface area contributed by atoms with Gasteiger partial charge in [0.15, 0.2) is 5.78 Å². The Morgan fingerprint density at radius 1 is 1.35 bits per heavy atom. The van der Waals surface area contributed by atoms with Crippen molar-refractivity contribution in [1.82, 2.24) is 0 Å². The summed E-state index contributed by atoms with van der Waals surface area (Å²) in [5, 5.41) is 0. The molecule has 0 saturated carbocycles. The molecule has 17 heavy (non-hydrogen) atoms. The van der Waals surface area contributed by atoms with E-state index < -0.39 is 11.9 Å². The van der Waals surface area contributed by atoms with Gasteiger partial charge in [0.2, 0.25) is 0 Å². The van der Waals surface area contributed by atoms with E-state index in [9.17, 15) is 9.59 Å². The van der Waals surface area contributed by atoms with Gasteiger partial charge in [0.05, 0.1) is 19.8 Å². The van der Waals surface area contributed by atoms with Crippen LogP contribution in [0.3, 0.4) is 0 Å². The molecule has 1 atom stereocenters. The second-order valence-electron chi connectivity index (χ2n) is 3.97. The number of ether oxygens (including phenoxy) is 2. The molecule has 0 saturated heterocycles. The normalized spacial score (nSPS) is 18.5. The number of aryl methyl sites for hydroxylation is 1. The van der Waals surface area contributed by atoms with E-state index in [2.05, 4.69) is 4.74 Å². The van der Waals surface area contributed by atoms with Crippen LogP contribution in [0.5, 0.6) is 5.75 Å². The maximum atomic E-state index is 12.2. The summed E-state index contributed by atoms with van der Waals surface area (Å²) in [6.07, 6.45) is 1.20. The summed E-state index contributed by atoms with van der Waals surface area (Å²) in [5.74, 6) is -0.827. The van der Waals surface area contributed by atoms with Crippen LogP contribution in [0.25, 0.3) is 0 Å². The van der Waals surface area contributed by atoms with Gasteiger partial charge in [0.1, 0.15) is 11.7 Å². The summed E-state index contributed by atoms with van der Waals surface area (Å²) < 4.78 is 9.82. The third kappa shape index (κ3) is 1.90. The molecule has 0 radical (unpaired) electrons. The predicted octanol–water partition coefficient (Wildman–Crippen LogP) is 1.61. The first-order chi connectivity index (χ1) is 8.19. The molecule has 0 N–H and O–H groups in total. The Balaban J connectivity index is 2.44. The summed E-state index contributed by atoms with van der Waals surface area (Å²) in [6, 6.07) is 5.48. The number of esters is 1. The summed E-state index contributed by atoms with van der Waals surface area (Å²) in [4.78, 5) is 23.7. The topological polar surface area (TPSA) is 52.6 Å². The number of hydrogen-bond acceptors (Lipinski definition) is 4. The molecule has 1 aromatic rings. The molecule has 0 bridgehead atoms. The Morgan fingerprint density at radius 3 is 2.76 bits per heavy atom. The van der Waals surface area contributed by atoms with Crippen molar-refractivity contribution < 1.29 is 19.1 Å². The van der Waals surface area contributed by atoms with E-state index in [0.29, 0.717) is 24.2 Å². The Kier molecular flexibility index (Phi) is 3.13. The molecule has 0 unspecified atom stereocenters. The fourth-order valence-electron chi connectivity index (χ4n) is 2.21. The lowest BCUT2D eigenvalue weighted by Gasteiger charge is -2.22. The van der Waals surface area contributed by atoms with Gasteiger partial charge in [-0.05, 0) is 24.5 Å². The molecular weight excluding hydrogens is 220 g/mol. The van der Waals surface area contributed by atoms with E-state index in [1.165, 1.54) is 14.2 Å². The second-order valence-corrected chi connectivity index (χ2v) is 3.97. The number of fused-ring (bicyclic) bond motifs is 1. The first-order valence-corrected chi connectivity index (χ1v) is 5.47. The molecule has 0 heterocycles. The summed E-state index contributed by atoms with van der Waals surface area (Å²) in [6.45, 7) is 0. The standard InChI is InChI=1S/C13H14O4/c1-16-10-5-3-4-8-6-7-9(13(15)17-2)12(14)11(8)10/h3-5,9H,6-7H2,1-2H3/t9-/m0/s1. The SMILES string of the molecule is COC(=O)[C@H]1CCc2cccc(OC)c2C1=O.